The molecule has 8 heteroatoms. The van der Waals surface area contributed by atoms with Crippen molar-refractivity contribution >= 4 is 28.5 Å². The van der Waals surface area contributed by atoms with E-state index in [2.05, 4.69) is 5.32 Å². The Bertz CT molecular complexity index is 1290. The smallest absolute Gasteiger partial charge is 0.352 e. The molecule has 0 radical (unpaired) electrons. The molecule has 0 aliphatic carbocycles. The zero-order valence-electron chi connectivity index (χ0n) is 17.6. The van der Waals surface area contributed by atoms with Crippen LogP contribution in [0.5, 0.6) is 5.75 Å². The molecule has 0 fully saturated rings. The highest BCUT2D eigenvalue weighted by atomic mass is 35.5. The van der Waals surface area contributed by atoms with Gasteiger partial charge in [0.1, 0.15) is 28.8 Å². The number of methoxy groups -OCH3 is 1. The first-order valence-electron chi connectivity index (χ1n) is 9.99. The zero-order chi connectivity index (χ0) is 22.8. The van der Waals surface area contributed by atoms with E-state index in [0.29, 0.717) is 35.5 Å². The van der Waals surface area contributed by atoms with Gasteiger partial charge in [0.05, 0.1) is 19.2 Å². The fourth-order valence-electron chi connectivity index (χ4n) is 3.83. The molecule has 0 unspecified atom stereocenters. The van der Waals surface area contributed by atoms with Crippen LogP contribution in [0.3, 0.4) is 0 Å². The van der Waals surface area contributed by atoms with Crippen molar-refractivity contribution in [3.05, 3.63) is 87.7 Å². The van der Waals surface area contributed by atoms with Gasteiger partial charge in [0.2, 0.25) is 0 Å². The lowest BCUT2D eigenvalue weighted by molar-refractivity contribution is 0.0684. The second-order valence-electron chi connectivity index (χ2n) is 7.45. The number of nitrogens with one attached hydrogen (secondary N) is 1. The summed E-state index contributed by atoms with van der Waals surface area (Å²) in [5.41, 5.74) is 2.07. The molecule has 0 saturated heterocycles. The molecule has 2 N–H and O–H groups in total. The first kappa shape index (κ1) is 21.9. The molecule has 0 amide bonds. The molecule has 166 valence electrons. The predicted octanol–water partition coefficient (Wildman–Crippen LogP) is 5.38. The fourth-order valence-corrected chi connectivity index (χ4v) is 4.05. The molecule has 0 saturated carbocycles. The van der Waals surface area contributed by atoms with Gasteiger partial charge in [-0.05, 0) is 48.9 Å². The number of carboxylic acid groups (broad SMARTS) is 1. The summed E-state index contributed by atoms with van der Waals surface area (Å²) < 4.78 is 26.1. The van der Waals surface area contributed by atoms with Gasteiger partial charge in [0, 0.05) is 35.1 Å². The van der Waals surface area contributed by atoms with E-state index in [1.165, 1.54) is 12.1 Å². The average molecular weight is 457 g/mol. The highest BCUT2D eigenvalue weighted by Crippen LogP contribution is 2.32. The van der Waals surface area contributed by atoms with Crippen molar-refractivity contribution in [2.75, 3.05) is 7.11 Å². The molecule has 32 heavy (non-hydrogen) atoms. The van der Waals surface area contributed by atoms with Crippen LogP contribution in [0.2, 0.25) is 5.02 Å². The maximum absolute atomic E-state index is 13.5. The topological polar surface area (TPSA) is 76.6 Å². The Morgan fingerprint density at radius 1 is 1.19 bits per heavy atom. The van der Waals surface area contributed by atoms with Gasteiger partial charge in [0.25, 0.3) is 0 Å². The molecule has 6 nitrogen and oxygen atoms in total. The number of carboxylic acids is 1. The van der Waals surface area contributed by atoms with E-state index in [4.69, 9.17) is 20.8 Å². The zero-order valence-corrected chi connectivity index (χ0v) is 18.4. The third-order valence-corrected chi connectivity index (χ3v) is 5.67. The van der Waals surface area contributed by atoms with E-state index >= 15 is 0 Å². The van der Waals surface area contributed by atoms with Crippen LogP contribution in [-0.2, 0) is 19.6 Å². The van der Waals surface area contributed by atoms with Crippen molar-refractivity contribution in [1.29, 1.82) is 0 Å². The average Bonchev–Trinajstić information content (AvgIpc) is 3.30. The molecule has 2 heterocycles. The van der Waals surface area contributed by atoms with Crippen molar-refractivity contribution in [1.82, 2.24) is 9.88 Å². The summed E-state index contributed by atoms with van der Waals surface area (Å²) in [6, 6.07) is 13.3. The number of aromatic nitrogens is 1. The Kier molecular flexibility index (Phi) is 6.21. The Morgan fingerprint density at radius 2 is 2.00 bits per heavy atom. The van der Waals surface area contributed by atoms with Crippen molar-refractivity contribution in [2.24, 2.45) is 0 Å². The molecule has 4 rings (SSSR count). The molecule has 2 aromatic heterocycles. The van der Waals surface area contributed by atoms with E-state index < -0.39 is 11.8 Å². The lowest BCUT2D eigenvalue weighted by atomic mass is 10.1. The van der Waals surface area contributed by atoms with Gasteiger partial charge in [-0.3, -0.25) is 0 Å². The number of halogens is 2. The van der Waals surface area contributed by atoms with Gasteiger partial charge < -0.3 is 24.1 Å². The number of nitrogens with zero attached hydrogens (tertiary/aromatic N) is 1. The maximum atomic E-state index is 13.5. The van der Waals surface area contributed by atoms with Gasteiger partial charge in [-0.15, -0.1) is 0 Å². The summed E-state index contributed by atoms with van der Waals surface area (Å²) in [6.07, 6.45) is 0. The van der Waals surface area contributed by atoms with Crippen LogP contribution in [0.15, 0.2) is 52.9 Å². The largest absolute Gasteiger partial charge is 0.497 e. The lowest BCUT2D eigenvalue weighted by Crippen LogP contribution is -2.17. The number of hydrogen-bond acceptors (Lipinski definition) is 4. The standard InChI is InChI=1S/C24H22ClFN2O4/c1-14-3-6-18(32-14)11-27-12-20-19-8-7-17(31-2)10-22(19)28(23(20)24(29)30)13-15-4-5-16(26)9-21(15)25/h3-10,27H,11-13H2,1-2H3,(H,29,30). The predicted molar refractivity (Wildman–Crippen MR) is 120 cm³/mol. The van der Waals surface area contributed by atoms with Gasteiger partial charge in [0.15, 0.2) is 0 Å². The van der Waals surface area contributed by atoms with E-state index in [1.807, 2.05) is 25.1 Å². The Hall–Kier alpha value is -3.29. The number of rotatable bonds is 8. The second-order valence-corrected chi connectivity index (χ2v) is 7.86. The van der Waals surface area contributed by atoms with Gasteiger partial charge in [-0.2, -0.15) is 0 Å². The third-order valence-electron chi connectivity index (χ3n) is 5.32. The Morgan fingerprint density at radius 3 is 2.66 bits per heavy atom. The Labute approximate surface area is 189 Å². The van der Waals surface area contributed by atoms with Crippen LogP contribution in [0, 0.1) is 12.7 Å². The molecule has 4 aromatic rings. The quantitative estimate of drug-likeness (QED) is 0.372. The highest BCUT2D eigenvalue weighted by molar-refractivity contribution is 6.31. The number of furan rings is 1. The van der Waals surface area contributed by atoms with Crippen molar-refractivity contribution in [3.63, 3.8) is 0 Å². The molecular formula is C24H22ClFN2O4. The van der Waals surface area contributed by atoms with Crippen LogP contribution < -0.4 is 10.1 Å². The monoisotopic (exact) mass is 456 g/mol. The second kappa shape index (κ2) is 9.06. The number of hydrogen-bond donors (Lipinski definition) is 2. The molecular weight excluding hydrogens is 435 g/mol. The van der Waals surface area contributed by atoms with Crippen LogP contribution >= 0.6 is 11.6 Å². The normalized spacial score (nSPS) is 11.2. The Balaban J connectivity index is 1.77. The van der Waals surface area contributed by atoms with Crippen molar-refractivity contribution < 1.29 is 23.4 Å². The summed E-state index contributed by atoms with van der Waals surface area (Å²) in [6.45, 7) is 2.81. The van der Waals surface area contributed by atoms with E-state index in [0.717, 1.165) is 16.9 Å². The number of ether oxygens (including phenoxy) is 1. The number of carbonyl (C=O) groups is 1. The highest BCUT2D eigenvalue weighted by Gasteiger charge is 2.23. The summed E-state index contributed by atoms with van der Waals surface area (Å²) >= 11 is 6.23. The number of fused-ring (bicyclic) bond motifs is 1. The fraction of sp³-hybridized carbons (Fsp3) is 0.208. The molecule has 0 spiro atoms. The third kappa shape index (κ3) is 4.35. The summed E-state index contributed by atoms with van der Waals surface area (Å²) in [5.74, 6) is 0.665. The van der Waals surface area contributed by atoms with Crippen LogP contribution in [-0.4, -0.2) is 22.8 Å². The van der Waals surface area contributed by atoms with E-state index in [-0.39, 0.29) is 17.3 Å². The molecule has 0 atom stereocenters. The summed E-state index contributed by atoms with van der Waals surface area (Å²) in [5, 5.41) is 14.4. The van der Waals surface area contributed by atoms with Gasteiger partial charge in [-0.25, -0.2) is 9.18 Å². The number of aromatic carboxylic acids is 1. The maximum Gasteiger partial charge on any atom is 0.352 e. The van der Waals surface area contributed by atoms with E-state index in [9.17, 15) is 14.3 Å². The number of benzene rings is 2. The minimum absolute atomic E-state index is 0.136. The number of aryl methyl sites for hydroxylation is 1. The molecule has 2 aromatic carbocycles. The first-order chi connectivity index (χ1) is 15.4. The minimum atomic E-state index is -1.07. The first-order valence-corrected chi connectivity index (χ1v) is 10.4. The lowest BCUT2D eigenvalue weighted by Gasteiger charge is -2.11. The van der Waals surface area contributed by atoms with E-state index in [1.54, 1.807) is 29.9 Å². The van der Waals surface area contributed by atoms with Crippen LogP contribution in [0.25, 0.3) is 10.9 Å². The molecule has 0 aliphatic rings. The minimum Gasteiger partial charge on any atom is -0.497 e. The summed E-state index contributed by atoms with van der Waals surface area (Å²) in [7, 11) is 1.55. The molecule has 0 aliphatic heterocycles. The van der Waals surface area contributed by atoms with Gasteiger partial charge >= 0.3 is 5.97 Å². The van der Waals surface area contributed by atoms with Crippen LogP contribution in [0.4, 0.5) is 4.39 Å². The summed E-state index contributed by atoms with van der Waals surface area (Å²) in [4.78, 5) is 12.3. The SMILES string of the molecule is COc1ccc2c(CNCc3ccc(C)o3)c(C(=O)O)n(Cc3ccc(F)cc3Cl)c2c1. The molecule has 0 bridgehead atoms. The van der Waals surface area contributed by atoms with Crippen molar-refractivity contribution in [2.45, 2.75) is 26.6 Å². The van der Waals surface area contributed by atoms with Crippen molar-refractivity contribution in [3.8, 4) is 5.75 Å². The van der Waals surface area contributed by atoms with Gasteiger partial charge in [-0.1, -0.05) is 17.7 Å². The van der Waals surface area contributed by atoms with Crippen LogP contribution in [0.1, 0.15) is 33.1 Å².